The molecule has 0 spiro atoms. The van der Waals surface area contributed by atoms with Crippen molar-refractivity contribution in [3.63, 3.8) is 0 Å². The molecule has 1 aromatic heterocycles. The highest BCUT2D eigenvalue weighted by atomic mass is 32.2. The van der Waals surface area contributed by atoms with Crippen LogP contribution in [-0.4, -0.2) is 26.6 Å². The summed E-state index contributed by atoms with van der Waals surface area (Å²) in [5, 5.41) is 14.2. The summed E-state index contributed by atoms with van der Waals surface area (Å²) in [6.07, 6.45) is 0. The average Bonchev–Trinajstić information content (AvgIpc) is 2.57. The fourth-order valence-electron chi connectivity index (χ4n) is 1.36. The lowest BCUT2D eigenvalue weighted by Gasteiger charge is -2.14. The minimum Gasteiger partial charge on any atom is -0.481 e. The van der Waals surface area contributed by atoms with Crippen molar-refractivity contribution in [2.24, 2.45) is 0 Å². The van der Waals surface area contributed by atoms with Gasteiger partial charge in [-0.1, -0.05) is 32.5 Å². The molecule has 0 aliphatic rings. The Hall–Kier alpha value is -0.970. The van der Waals surface area contributed by atoms with Gasteiger partial charge in [0.15, 0.2) is 0 Å². The lowest BCUT2D eigenvalue weighted by Crippen LogP contribution is -2.13. The zero-order chi connectivity index (χ0) is 13.2. The smallest absolute Gasteiger partial charge is 0.313 e. The van der Waals surface area contributed by atoms with E-state index in [1.54, 1.807) is 0 Å². The first-order valence-corrected chi connectivity index (χ1v) is 6.65. The average molecular weight is 256 g/mol. The Morgan fingerprint density at radius 2 is 2.12 bits per heavy atom. The number of nitrogens with zero attached hydrogens (tertiary/aromatic N) is 2. The van der Waals surface area contributed by atoms with Crippen LogP contribution >= 0.6 is 11.8 Å². The molecule has 0 aromatic carbocycles. The van der Waals surface area contributed by atoms with Crippen LogP contribution in [0.25, 0.3) is 0 Å². The van der Waals surface area contributed by atoms with Gasteiger partial charge in [-0.2, -0.15) is 5.10 Å². The summed E-state index contributed by atoms with van der Waals surface area (Å²) < 4.78 is 1.90. The van der Waals surface area contributed by atoms with Gasteiger partial charge in [0, 0.05) is 11.5 Å². The van der Waals surface area contributed by atoms with Crippen LogP contribution in [0.2, 0.25) is 0 Å². The first kappa shape index (κ1) is 14.1. The number of carboxylic acids is 1. The quantitative estimate of drug-likeness (QED) is 0.841. The summed E-state index contributed by atoms with van der Waals surface area (Å²) in [4.78, 5) is 10.6. The molecule has 5 heteroatoms. The molecule has 1 aromatic rings. The van der Waals surface area contributed by atoms with E-state index in [0.29, 0.717) is 0 Å². The van der Waals surface area contributed by atoms with Crippen molar-refractivity contribution in [2.75, 3.05) is 5.75 Å². The number of aliphatic carboxylic acids is 1. The Labute approximate surface area is 106 Å². The van der Waals surface area contributed by atoms with Gasteiger partial charge in [-0.25, -0.2) is 0 Å². The number of thioether (sulfide) groups is 1. The Bertz CT molecular complexity index is 405. The third kappa shape index (κ3) is 3.77. The molecule has 17 heavy (non-hydrogen) atoms. The van der Waals surface area contributed by atoms with E-state index in [0.717, 1.165) is 10.7 Å². The van der Waals surface area contributed by atoms with E-state index in [1.165, 1.54) is 11.8 Å². The number of hydrogen-bond donors (Lipinski definition) is 1. The van der Waals surface area contributed by atoms with Crippen molar-refractivity contribution in [1.82, 2.24) is 9.78 Å². The molecule has 0 fully saturated rings. The largest absolute Gasteiger partial charge is 0.481 e. The predicted molar refractivity (Wildman–Crippen MR) is 69.7 cm³/mol. The minimum absolute atomic E-state index is 0.0152. The minimum atomic E-state index is -0.802. The van der Waals surface area contributed by atoms with E-state index in [1.807, 2.05) is 24.6 Å². The Balaban J connectivity index is 3.01. The molecule has 0 aliphatic carbocycles. The fourth-order valence-corrected chi connectivity index (χ4v) is 2.21. The third-order valence-corrected chi connectivity index (χ3v) is 3.29. The Morgan fingerprint density at radius 1 is 1.53 bits per heavy atom. The molecule has 1 N–H and O–H groups in total. The maximum atomic E-state index is 10.6. The topological polar surface area (TPSA) is 55.1 Å². The van der Waals surface area contributed by atoms with E-state index < -0.39 is 5.97 Å². The number of rotatable bonds is 4. The third-order valence-electron chi connectivity index (χ3n) is 2.30. The molecule has 0 radical (unpaired) electrons. The van der Waals surface area contributed by atoms with Crippen molar-refractivity contribution in [3.05, 3.63) is 11.8 Å². The molecule has 1 heterocycles. The van der Waals surface area contributed by atoms with E-state index >= 15 is 0 Å². The summed E-state index contributed by atoms with van der Waals surface area (Å²) in [7, 11) is 0. The number of carboxylic acid groups (broad SMARTS) is 1. The van der Waals surface area contributed by atoms with Gasteiger partial charge in [-0.05, 0) is 19.9 Å². The van der Waals surface area contributed by atoms with Crippen LogP contribution in [0.5, 0.6) is 0 Å². The zero-order valence-electron chi connectivity index (χ0n) is 11.0. The molecule has 0 unspecified atom stereocenters. The molecule has 0 aliphatic heterocycles. The first-order chi connectivity index (χ1) is 7.71. The second-order valence-electron chi connectivity index (χ2n) is 5.34. The van der Waals surface area contributed by atoms with Crippen molar-refractivity contribution in [2.45, 2.75) is 51.1 Å². The van der Waals surface area contributed by atoms with E-state index in [9.17, 15) is 4.79 Å². The SMILES string of the molecule is CC(C)n1nc(C(C)(C)C)cc1SCC(=O)O. The van der Waals surface area contributed by atoms with E-state index in [2.05, 4.69) is 25.9 Å². The van der Waals surface area contributed by atoms with Crippen LogP contribution in [0.1, 0.15) is 46.4 Å². The van der Waals surface area contributed by atoms with Crippen molar-refractivity contribution in [1.29, 1.82) is 0 Å². The maximum absolute atomic E-state index is 10.6. The normalized spacial score (nSPS) is 12.1. The van der Waals surface area contributed by atoms with Crippen LogP contribution < -0.4 is 0 Å². The number of hydrogen-bond acceptors (Lipinski definition) is 3. The Morgan fingerprint density at radius 3 is 2.53 bits per heavy atom. The monoisotopic (exact) mass is 256 g/mol. The highest BCUT2D eigenvalue weighted by Gasteiger charge is 2.21. The van der Waals surface area contributed by atoms with Gasteiger partial charge in [0.1, 0.15) is 0 Å². The van der Waals surface area contributed by atoms with Crippen LogP contribution in [0, 0.1) is 0 Å². The zero-order valence-corrected chi connectivity index (χ0v) is 11.8. The molecular formula is C12H20N2O2S. The van der Waals surface area contributed by atoms with E-state index in [4.69, 9.17) is 5.11 Å². The predicted octanol–water partition coefficient (Wildman–Crippen LogP) is 2.94. The molecule has 96 valence electrons. The standard InChI is InChI=1S/C12H20N2O2S/c1-8(2)14-10(17-7-11(15)16)6-9(13-14)12(3,4)5/h6,8H,7H2,1-5H3,(H,15,16). The molecular weight excluding hydrogens is 236 g/mol. The number of aromatic nitrogens is 2. The lowest BCUT2D eigenvalue weighted by atomic mass is 9.93. The van der Waals surface area contributed by atoms with Gasteiger partial charge in [-0.15, -0.1) is 0 Å². The summed E-state index contributed by atoms with van der Waals surface area (Å²) in [5.74, 6) is -0.731. The first-order valence-electron chi connectivity index (χ1n) is 5.66. The van der Waals surface area contributed by atoms with Gasteiger partial charge in [0.05, 0.1) is 16.5 Å². The number of carbonyl (C=O) groups is 1. The molecule has 0 atom stereocenters. The molecule has 0 amide bonds. The van der Waals surface area contributed by atoms with Crippen LogP contribution in [0.3, 0.4) is 0 Å². The highest BCUT2D eigenvalue weighted by Crippen LogP contribution is 2.28. The van der Waals surface area contributed by atoms with Crippen LogP contribution in [0.15, 0.2) is 11.1 Å². The molecule has 0 bridgehead atoms. The van der Waals surface area contributed by atoms with Crippen molar-refractivity contribution < 1.29 is 9.90 Å². The van der Waals surface area contributed by atoms with Crippen molar-refractivity contribution >= 4 is 17.7 Å². The second-order valence-corrected chi connectivity index (χ2v) is 6.33. The summed E-state index contributed by atoms with van der Waals surface area (Å²) in [6.45, 7) is 10.4. The molecule has 1 rings (SSSR count). The van der Waals surface area contributed by atoms with Crippen LogP contribution in [-0.2, 0) is 10.2 Å². The van der Waals surface area contributed by atoms with Crippen molar-refractivity contribution in [3.8, 4) is 0 Å². The van der Waals surface area contributed by atoms with Gasteiger partial charge >= 0.3 is 5.97 Å². The fraction of sp³-hybridized carbons (Fsp3) is 0.667. The molecule has 4 nitrogen and oxygen atoms in total. The second kappa shape index (κ2) is 5.12. The van der Waals surface area contributed by atoms with Gasteiger partial charge in [-0.3, -0.25) is 9.48 Å². The maximum Gasteiger partial charge on any atom is 0.313 e. The van der Waals surface area contributed by atoms with Crippen LogP contribution in [0.4, 0.5) is 0 Å². The summed E-state index contributed by atoms with van der Waals surface area (Å²) in [6, 6.07) is 2.23. The van der Waals surface area contributed by atoms with Gasteiger partial charge in [0.25, 0.3) is 0 Å². The summed E-state index contributed by atoms with van der Waals surface area (Å²) in [5.41, 5.74) is 0.984. The summed E-state index contributed by atoms with van der Waals surface area (Å²) >= 11 is 1.32. The lowest BCUT2D eigenvalue weighted by molar-refractivity contribution is -0.133. The van der Waals surface area contributed by atoms with Gasteiger partial charge in [0.2, 0.25) is 0 Å². The van der Waals surface area contributed by atoms with E-state index in [-0.39, 0.29) is 17.2 Å². The molecule has 0 saturated heterocycles. The molecule has 0 saturated carbocycles. The Kier molecular flexibility index (Phi) is 4.25. The van der Waals surface area contributed by atoms with Gasteiger partial charge < -0.3 is 5.11 Å². The highest BCUT2D eigenvalue weighted by molar-refractivity contribution is 7.99.